The molecule has 1 aliphatic heterocycles. The first-order valence-electron chi connectivity index (χ1n) is 12.0. The van der Waals surface area contributed by atoms with Crippen molar-refractivity contribution in [3.8, 4) is 34.4 Å². The van der Waals surface area contributed by atoms with Gasteiger partial charge in [0.05, 0.1) is 29.8 Å². The highest BCUT2D eigenvalue weighted by molar-refractivity contribution is 5.92. The van der Waals surface area contributed by atoms with Gasteiger partial charge in [-0.2, -0.15) is 9.78 Å². The van der Waals surface area contributed by atoms with Gasteiger partial charge in [0.25, 0.3) is 5.56 Å². The average Bonchev–Trinajstić information content (AvgIpc) is 3.46. The molecule has 0 atom stereocenters. The van der Waals surface area contributed by atoms with E-state index in [9.17, 15) is 9.59 Å². The van der Waals surface area contributed by atoms with Gasteiger partial charge in [-0.1, -0.05) is 42.5 Å². The summed E-state index contributed by atoms with van der Waals surface area (Å²) in [6.07, 6.45) is 1.52. The van der Waals surface area contributed by atoms with E-state index in [1.807, 2.05) is 36.4 Å². The summed E-state index contributed by atoms with van der Waals surface area (Å²) >= 11 is 0. The molecule has 0 saturated carbocycles. The number of benzene rings is 4. The van der Waals surface area contributed by atoms with Crippen LogP contribution >= 0.6 is 0 Å². The van der Waals surface area contributed by atoms with E-state index in [2.05, 4.69) is 5.10 Å². The maximum absolute atomic E-state index is 13.4. The number of fused-ring (bicyclic) bond motifs is 2. The van der Waals surface area contributed by atoms with Crippen LogP contribution in [-0.4, -0.2) is 35.7 Å². The van der Waals surface area contributed by atoms with E-state index in [1.54, 1.807) is 54.6 Å². The molecule has 1 aromatic heterocycles. The third-order valence-corrected chi connectivity index (χ3v) is 6.11. The molecule has 0 radical (unpaired) electrons. The van der Waals surface area contributed by atoms with Crippen LogP contribution in [0.5, 0.6) is 23.0 Å². The Balaban J connectivity index is 1.31. The summed E-state index contributed by atoms with van der Waals surface area (Å²) in [5.74, 6) is 1.44. The zero-order chi connectivity index (χ0) is 26.8. The molecule has 0 aliphatic carbocycles. The summed E-state index contributed by atoms with van der Waals surface area (Å²) in [5.41, 5.74) is 1.97. The lowest BCUT2D eigenvalue weighted by molar-refractivity contribution is 0.0729. The van der Waals surface area contributed by atoms with Gasteiger partial charge in [0.1, 0.15) is 0 Å². The summed E-state index contributed by atoms with van der Waals surface area (Å²) < 4.78 is 22.9. The highest BCUT2D eigenvalue weighted by Gasteiger charge is 2.19. The van der Waals surface area contributed by atoms with Crippen LogP contribution in [-0.2, 0) is 0 Å². The molecule has 2 heterocycles. The summed E-state index contributed by atoms with van der Waals surface area (Å²) in [5, 5.41) is 4.93. The molecule has 192 valence electrons. The van der Waals surface area contributed by atoms with Crippen molar-refractivity contribution in [3.63, 3.8) is 0 Å². The van der Waals surface area contributed by atoms with Crippen LogP contribution in [0.3, 0.4) is 0 Å². The summed E-state index contributed by atoms with van der Waals surface area (Å²) in [6, 6.07) is 26.3. The molecule has 0 saturated heterocycles. The lowest BCUT2D eigenvalue weighted by Crippen LogP contribution is -2.20. The van der Waals surface area contributed by atoms with Crippen LogP contribution in [0.1, 0.15) is 15.9 Å². The predicted molar refractivity (Wildman–Crippen MR) is 145 cm³/mol. The van der Waals surface area contributed by atoms with Crippen LogP contribution in [0.15, 0.2) is 101 Å². The topological polar surface area (TPSA) is 101 Å². The van der Waals surface area contributed by atoms with Gasteiger partial charge in [-0.25, -0.2) is 9.78 Å². The maximum Gasteiger partial charge on any atom is 0.343 e. The fourth-order valence-electron chi connectivity index (χ4n) is 4.16. The SMILES string of the molecule is COc1cc(C=Nn2c(-c3ccccc3)nc3ccccc3c2=O)ccc1OC(=O)c1ccc2c(c1)OCO2. The number of nitrogens with zero attached hydrogens (tertiary/aromatic N) is 3. The summed E-state index contributed by atoms with van der Waals surface area (Å²) in [7, 11) is 1.47. The van der Waals surface area contributed by atoms with Crippen LogP contribution in [0.2, 0.25) is 0 Å². The molecule has 1 aliphatic rings. The van der Waals surface area contributed by atoms with Gasteiger partial charge in [0, 0.05) is 5.56 Å². The quantitative estimate of drug-likeness (QED) is 0.179. The van der Waals surface area contributed by atoms with Crippen molar-refractivity contribution in [2.45, 2.75) is 0 Å². The van der Waals surface area contributed by atoms with E-state index in [1.165, 1.54) is 18.0 Å². The van der Waals surface area contributed by atoms with Crippen molar-refractivity contribution in [1.82, 2.24) is 9.66 Å². The van der Waals surface area contributed by atoms with Crippen molar-refractivity contribution in [2.75, 3.05) is 13.9 Å². The predicted octanol–water partition coefficient (Wildman–Crippen LogP) is 4.90. The van der Waals surface area contributed by atoms with E-state index in [0.717, 1.165) is 5.56 Å². The molecule has 0 N–H and O–H groups in total. The zero-order valence-corrected chi connectivity index (χ0v) is 20.7. The molecule has 5 aromatic rings. The third-order valence-electron chi connectivity index (χ3n) is 6.11. The van der Waals surface area contributed by atoms with Crippen molar-refractivity contribution in [2.24, 2.45) is 5.10 Å². The van der Waals surface area contributed by atoms with Gasteiger partial charge >= 0.3 is 5.97 Å². The highest BCUT2D eigenvalue weighted by atomic mass is 16.7. The fourth-order valence-corrected chi connectivity index (χ4v) is 4.16. The second-order valence-corrected chi connectivity index (χ2v) is 8.55. The van der Waals surface area contributed by atoms with E-state index in [4.69, 9.17) is 23.9 Å². The Labute approximate surface area is 222 Å². The Kier molecular flexibility index (Phi) is 6.22. The standard InChI is InChI=1S/C30H21N3O6/c1-36-26-15-19(11-13-25(26)39-30(35)21-12-14-24-27(16-21)38-18-37-24)17-31-33-28(20-7-3-2-4-8-20)32-23-10-6-5-9-22(23)29(33)34/h2-17H,18H2,1H3. The molecule has 9 heteroatoms. The van der Waals surface area contributed by atoms with Crippen molar-refractivity contribution in [1.29, 1.82) is 0 Å². The number of ether oxygens (including phenoxy) is 4. The van der Waals surface area contributed by atoms with Gasteiger partial charge in [0.15, 0.2) is 28.8 Å². The normalized spacial score (nSPS) is 12.1. The molecule has 4 aromatic carbocycles. The van der Waals surface area contributed by atoms with Crippen LogP contribution in [0.25, 0.3) is 22.3 Å². The highest BCUT2D eigenvalue weighted by Crippen LogP contribution is 2.34. The molecule has 39 heavy (non-hydrogen) atoms. The van der Waals surface area contributed by atoms with E-state index in [-0.39, 0.29) is 18.1 Å². The van der Waals surface area contributed by atoms with Crippen LogP contribution in [0, 0.1) is 0 Å². The molecule has 0 amide bonds. The number of esters is 1. The number of carbonyl (C=O) groups excluding carboxylic acids is 1. The molecule has 0 bridgehead atoms. The minimum atomic E-state index is -0.575. The number of hydrogen-bond donors (Lipinski definition) is 0. The number of aromatic nitrogens is 2. The Hall–Kier alpha value is -5.44. The smallest absolute Gasteiger partial charge is 0.343 e. The van der Waals surface area contributed by atoms with Gasteiger partial charge in [-0.05, 0) is 54.1 Å². The average molecular weight is 520 g/mol. The Morgan fingerprint density at radius 1 is 0.923 bits per heavy atom. The number of rotatable bonds is 6. The summed E-state index contributed by atoms with van der Waals surface area (Å²) in [6.45, 7) is 0.110. The maximum atomic E-state index is 13.4. The Morgan fingerprint density at radius 2 is 1.72 bits per heavy atom. The van der Waals surface area contributed by atoms with E-state index >= 15 is 0 Å². The minimum absolute atomic E-state index is 0.110. The lowest BCUT2D eigenvalue weighted by Gasteiger charge is -2.11. The second kappa shape index (κ2) is 10.1. The largest absolute Gasteiger partial charge is 0.493 e. The molecular weight excluding hydrogens is 498 g/mol. The minimum Gasteiger partial charge on any atom is -0.493 e. The summed E-state index contributed by atoms with van der Waals surface area (Å²) in [4.78, 5) is 30.8. The molecule has 6 rings (SSSR count). The first kappa shape index (κ1) is 23.9. The first-order valence-corrected chi connectivity index (χ1v) is 12.0. The number of carbonyl (C=O) groups is 1. The monoisotopic (exact) mass is 519 g/mol. The van der Waals surface area contributed by atoms with Crippen LogP contribution in [0.4, 0.5) is 0 Å². The fraction of sp³-hybridized carbons (Fsp3) is 0.0667. The van der Waals surface area contributed by atoms with Crippen molar-refractivity contribution < 1.29 is 23.7 Å². The number of para-hydroxylation sites is 1. The van der Waals surface area contributed by atoms with E-state index < -0.39 is 5.97 Å². The molecule has 0 unspecified atom stereocenters. The van der Waals surface area contributed by atoms with Crippen molar-refractivity contribution in [3.05, 3.63) is 112 Å². The molecule has 0 fully saturated rings. The van der Waals surface area contributed by atoms with Gasteiger partial charge in [0.2, 0.25) is 6.79 Å². The number of methoxy groups -OCH3 is 1. The Bertz CT molecular complexity index is 1800. The third kappa shape index (κ3) is 4.69. The molecular formula is C30H21N3O6. The number of hydrogen-bond acceptors (Lipinski definition) is 8. The Morgan fingerprint density at radius 3 is 2.56 bits per heavy atom. The van der Waals surface area contributed by atoms with E-state index in [0.29, 0.717) is 45.1 Å². The lowest BCUT2D eigenvalue weighted by atomic mass is 10.2. The van der Waals surface area contributed by atoms with Gasteiger partial charge in [-0.15, -0.1) is 0 Å². The zero-order valence-electron chi connectivity index (χ0n) is 20.7. The van der Waals surface area contributed by atoms with Gasteiger partial charge < -0.3 is 18.9 Å². The second-order valence-electron chi connectivity index (χ2n) is 8.55. The first-order chi connectivity index (χ1) is 19.1. The molecule has 9 nitrogen and oxygen atoms in total. The van der Waals surface area contributed by atoms with Crippen molar-refractivity contribution >= 4 is 23.1 Å². The molecule has 0 spiro atoms. The van der Waals surface area contributed by atoms with Crippen LogP contribution < -0.4 is 24.5 Å². The van der Waals surface area contributed by atoms with Gasteiger partial charge in [-0.3, -0.25) is 4.79 Å².